The van der Waals surface area contributed by atoms with Crippen LogP contribution in [-0.2, 0) is 4.74 Å². The zero-order valence-corrected chi connectivity index (χ0v) is 23.6. The summed E-state index contributed by atoms with van der Waals surface area (Å²) in [6, 6.07) is 0. The minimum absolute atomic E-state index is 0.911. The summed E-state index contributed by atoms with van der Waals surface area (Å²) in [6.07, 6.45) is 38.7. The number of rotatable bonds is 28. The Morgan fingerprint density at radius 1 is 0.424 bits per heavy atom. The summed E-state index contributed by atoms with van der Waals surface area (Å²) < 4.78 is 5.77. The second-order valence-corrected chi connectivity index (χ2v) is 10.5. The molecule has 0 saturated carbocycles. The average Bonchev–Trinajstić information content (AvgIpc) is 2.83. The molecule has 0 fully saturated rings. The van der Waals surface area contributed by atoms with Gasteiger partial charge in [0.2, 0.25) is 0 Å². The van der Waals surface area contributed by atoms with E-state index in [1.165, 1.54) is 166 Å². The Kier molecular flexibility index (Phi) is 29.2. The first kappa shape index (κ1) is 32.5. The van der Waals surface area contributed by atoms with Crippen molar-refractivity contribution in [3.63, 3.8) is 0 Å². The van der Waals surface area contributed by atoms with E-state index >= 15 is 0 Å². The second-order valence-electron chi connectivity index (χ2n) is 10.5. The molecule has 0 bridgehead atoms. The largest absolute Gasteiger partial charge is 0.501 e. The number of ether oxygens (including phenoxy) is 1. The van der Waals surface area contributed by atoms with Crippen LogP contribution >= 0.6 is 0 Å². The summed E-state index contributed by atoms with van der Waals surface area (Å²) in [7, 11) is 0. The molecule has 0 aromatic heterocycles. The smallest absolute Gasteiger partial charge is 0.0873 e. The van der Waals surface area contributed by atoms with Crippen molar-refractivity contribution in [2.45, 2.75) is 188 Å². The lowest BCUT2D eigenvalue weighted by Gasteiger charge is -2.06. The Balaban J connectivity index is 3.14. The molecule has 0 unspecified atom stereocenters. The maximum absolute atomic E-state index is 5.77. The summed E-state index contributed by atoms with van der Waals surface area (Å²) in [4.78, 5) is 0. The van der Waals surface area contributed by atoms with Crippen LogP contribution in [0.15, 0.2) is 11.8 Å². The van der Waals surface area contributed by atoms with E-state index in [1.807, 2.05) is 6.26 Å². The summed E-state index contributed by atoms with van der Waals surface area (Å²) in [5, 5.41) is 0. The van der Waals surface area contributed by atoms with Crippen LogP contribution in [0.3, 0.4) is 0 Å². The van der Waals surface area contributed by atoms with Gasteiger partial charge in [0, 0.05) is 0 Å². The van der Waals surface area contributed by atoms with Crippen LogP contribution in [0.5, 0.6) is 0 Å². The van der Waals surface area contributed by atoms with Crippen LogP contribution in [0.2, 0.25) is 0 Å². The van der Waals surface area contributed by atoms with Gasteiger partial charge < -0.3 is 4.74 Å². The van der Waals surface area contributed by atoms with E-state index in [9.17, 15) is 0 Å². The van der Waals surface area contributed by atoms with Gasteiger partial charge in [0.05, 0.1) is 12.9 Å². The van der Waals surface area contributed by atoms with Crippen molar-refractivity contribution in [2.24, 2.45) is 0 Å². The first-order valence-electron chi connectivity index (χ1n) is 15.6. The fourth-order valence-corrected chi connectivity index (χ4v) is 4.69. The quantitative estimate of drug-likeness (QED) is 0.0826. The molecule has 0 spiro atoms. The monoisotopic (exact) mass is 464 g/mol. The average molecular weight is 465 g/mol. The molecular weight excluding hydrogens is 400 g/mol. The molecule has 0 rings (SSSR count). The van der Waals surface area contributed by atoms with E-state index in [4.69, 9.17) is 4.74 Å². The molecule has 33 heavy (non-hydrogen) atoms. The zero-order chi connectivity index (χ0) is 24.1. The Morgan fingerprint density at radius 2 is 0.758 bits per heavy atom. The van der Waals surface area contributed by atoms with Gasteiger partial charge in [-0.2, -0.15) is 0 Å². The highest BCUT2D eigenvalue weighted by Crippen LogP contribution is 2.15. The van der Waals surface area contributed by atoms with Crippen molar-refractivity contribution < 1.29 is 4.74 Å². The highest BCUT2D eigenvalue weighted by atomic mass is 16.5. The Bertz CT molecular complexity index is 373. The van der Waals surface area contributed by atoms with E-state index in [2.05, 4.69) is 20.8 Å². The first-order chi connectivity index (χ1) is 16.3. The van der Waals surface area contributed by atoms with E-state index in [-0.39, 0.29) is 0 Å². The number of unbranched alkanes of at least 4 members (excludes halogenated alkanes) is 22. The Hall–Kier alpha value is -0.460. The minimum atomic E-state index is 0.911. The van der Waals surface area contributed by atoms with Crippen LogP contribution in [0, 0.1) is 0 Å². The Labute approximate surface area is 210 Å². The standard InChI is InChI=1S/C32H64O/c1-4-7-9-10-11-12-13-14-15-16-17-18-19-20-21-22-23-24-25-26-27-28-30-33-31-32(6-3)29-8-5-2/h31H,4-30H2,1-3H3. The lowest BCUT2D eigenvalue weighted by molar-refractivity contribution is 0.236. The number of hydrogen-bond acceptors (Lipinski definition) is 1. The third-order valence-corrected chi connectivity index (χ3v) is 7.17. The van der Waals surface area contributed by atoms with Gasteiger partial charge in [0.25, 0.3) is 0 Å². The molecule has 198 valence electrons. The van der Waals surface area contributed by atoms with Crippen molar-refractivity contribution in [2.75, 3.05) is 6.61 Å². The predicted octanol–water partition coefficient (Wildman–Crippen LogP) is 12.1. The van der Waals surface area contributed by atoms with Gasteiger partial charge in [0.1, 0.15) is 0 Å². The van der Waals surface area contributed by atoms with Crippen LogP contribution in [0.1, 0.15) is 188 Å². The van der Waals surface area contributed by atoms with Gasteiger partial charge in [0.15, 0.2) is 0 Å². The molecule has 0 aromatic carbocycles. The molecule has 0 heterocycles. The second kappa shape index (κ2) is 29.6. The maximum Gasteiger partial charge on any atom is 0.0873 e. The molecule has 0 radical (unpaired) electrons. The van der Waals surface area contributed by atoms with E-state index in [0.717, 1.165) is 13.0 Å². The molecule has 0 aliphatic carbocycles. The summed E-state index contributed by atoms with van der Waals surface area (Å²) in [5.41, 5.74) is 1.48. The van der Waals surface area contributed by atoms with Crippen LogP contribution in [-0.4, -0.2) is 6.61 Å². The van der Waals surface area contributed by atoms with E-state index in [1.54, 1.807) is 0 Å². The lowest BCUT2D eigenvalue weighted by Crippen LogP contribution is -1.91. The molecule has 0 amide bonds. The number of hydrogen-bond donors (Lipinski definition) is 0. The van der Waals surface area contributed by atoms with Crippen molar-refractivity contribution in [1.29, 1.82) is 0 Å². The van der Waals surface area contributed by atoms with Gasteiger partial charge in [-0.05, 0) is 31.3 Å². The summed E-state index contributed by atoms with van der Waals surface area (Å²) in [5.74, 6) is 0. The van der Waals surface area contributed by atoms with Crippen molar-refractivity contribution >= 4 is 0 Å². The summed E-state index contributed by atoms with van der Waals surface area (Å²) in [6.45, 7) is 7.71. The fourth-order valence-electron chi connectivity index (χ4n) is 4.69. The molecule has 0 aromatic rings. The van der Waals surface area contributed by atoms with Gasteiger partial charge in [-0.3, -0.25) is 0 Å². The van der Waals surface area contributed by atoms with E-state index in [0.29, 0.717) is 0 Å². The van der Waals surface area contributed by atoms with Crippen LogP contribution in [0.4, 0.5) is 0 Å². The maximum atomic E-state index is 5.77. The SMILES string of the molecule is CCCCCCCCCCCCCCCCCCCCCCCCOC=C(CC)CCCC. The first-order valence-corrected chi connectivity index (χ1v) is 15.6. The van der Waals surface area contributed by atoms with Crippen LogP contribution < -0.4 is 0 Å². The molecular formula is C32H64O. The fraction of sp³-hybridized carbons (Fsp3) is 0.938. The normalized spacial score (nSPS) is 11.9. The topological polar surface area (TPSA) is 9.23 Å². The lowest BCUT2D eigenvalue weighted by atomic mass is 10.0. The van der Waals surface area contributed by atoms with Crippen molar-refractivity contribution in [3.8, 4) is 0 Å². The van der Waals surface area contributed by atoms with Gasteiger partial charge >= 0.3 is 0 Å². The molecule has 1 nitrogen and oxygen atoms in total. The minimum Gasteiger partial charge on any atom is -0.501 e. The molecule has 0 aliphatic rings. The Morgan fingerprint density at radius 3 is 1.09 bits per heavy atom. The number of allylic oxidation sites excluding steroid dienone is 1. The molecule has 1 heteroatoms. The van der Waals surface area contributed by atoms with Crippen molar-refractivity contribution in [3.05, 3.63) is 11.8 Å². The molecule has 0 aliphatic heterocycles. The van der Waals surface area contributed by atoms with Crippen LogP contribution in [0.25, 0.3) is 0 Å². The highest BCUT2D eigenvalue weighted by molar-refractivity contribution is 4.96. The van der Waals surface area contributed by atoms with Gasteiger partial charge in [-0.25, -0.2) is 0 Å². The molecule has 0 saturated heterocycles. The third-order valence-electron chi connectivity index (χ3n) is 7.17. The summed E-state index contributed by atoms with van der Waals surface area (Å²) >= 11 is 0. The van der Waals surface area contributed by atoms with Crippen molar-refractivity contribution in [1.82, 2.24) is 0 Å². The third kappa shape index (κ3) is 27.7. The van der Waals surface area contributed by atoms with E-state index < -0.39 is 0 Å². The zero-order valence-electron chi connectivity index (χ0n) is 23.6. The highest BCUT2D eigenvalue weighted by Gasteiger charge is 1.97. The predicted molar refractivity (Wildman–Crippen MR) is 151 cm³/mol. The molecule has 0 atom stereocenters. The molecule has 0 N–H and O–H groups in total. The van der Waals surface area contributed by atoms with Gasteiger partial charge in [-0.1, -0.05) is 162 Å². The van der Waals surface area contributed by atoms with Gasteiger partial charge in [-0.15, -0.1) is 0 Å².